The van der Waals surface area contributed by atoms with Crippen molar-refractivity contribution in [2.75, 3.05) is 26.8 Å². The number of carbonyl (C=O) groups excluding carboxylic acids is 1. The summed E-state index contributed by atoms with van der Waals surface area (Å²) in [6.07, 6.45) is 1.49. The van der Waals surface area contributed by atoms with Crippen molar-refractivity contribution >= 4 is 42.3 Å². The molecule has 9 heteroatoms. The van der Waals surface area contributed by atoms with Gasteiger partial charge in [0.1, 0.15) is 6.61 Å². The van der Waals surface area contributed by atoms with Gasteiger partial charge in [0.25, 0.3) is 0 Å². The Balaban J connectivity index is 0. The molecule has 0 aliphatic carbocycles. The number of hydrogen-bond donors (Lipinski definition) is 2. The predicted octanol–water partition coefficient (Wildman–Crippen LogP) is 1.44. The molecule has 1 unspecified atom stereocenters. The summed E-state index contributed by atoms with van der Waals surface area (Å²) in [5.74, 6) is 0.348. The Kier molecular flexibility index (Phi) is 13.8. The topological polar surface area (TPSA) is 86.5 Å². The molecule has 0 saturated carbocycles. The number of carbonyl (C=O) groups is 1. The van der Waals surface area contributed by atoms with E-state index in [0.717, 1.165) is 0 Å². The van der Waals surface area contributed by atoms with Gasteiger partial charge in [-0.15, -0.1) is 24.8 Å². The largest absolute Gasteiger partial charge is 0.476 e. The fraction of sp³-hybridized carbons (Fsp3) is 0.500. The van der Waals surface area contributed by atoms with Crippen molar-refractivity contribution in [3.05, 3.63) is 23.4 Å². The number of nitrogens with one attached hydrogen (secondary N) is 1. The van der Waals surface area contributed by atoms with Gasteiger partial charge in [0, 0.05) is 25.9 Å². The van der Waals surface area contributed by atoms with E-state index in [2.05, 4.69) is 10.3 Å². The maximum absolute atomic E-state index is 11.5. The predicted molar refractivity (Wildman–Crippen MR) is 86.7 cm³/mol. The number of ether oxygens (including phenoxy) is 2. The molecule has 1 rings (SSSR count). The van der Waals surface area contributed by atoms with Crippen molar-refractivity contribution in [3.8, 4) is 5.88 Å². The molecule has 0 saturated heterocycles. The van der Waals surface area contributed by atoms with Crippen LogP contribution in [0.1, 0.15) is 6.42 Å². The summed E-state index contributed by atoms with van der Waals surface area (Å²) >= 11 is 5.69. The van der Waals surface area contributed by atoms with Crippen LogP contribution in [0.2, 0.25) is 5.02 Å². The van der Waals surface area contributed by atoms with Gasteiger partial charge < -0.3 is 20.5 Å². The van der Waals surface area contributed by atoms with Gasteiger partial charge >= 0.3 is 0 Å². The molecule has 0 fully saturated rings. The summed E-state index contributed by atoms with van der Waals surface area (Å²) in [5.41, 5.74) is 5.43. The van der Waals surface area contributed by atoms with Crippen LogP contribution in [0.4, 0.5) is 0 Å². The van der Waals surface area contributed by atoms with E-state index in [1.165, 1.54) is 13.3 Å². The molecule has 1 atom stereocenters. The standard InChI is InChI=1S/C12H18ClN3O3.2ClH/c1-18-10(7-14)6-11(17)15-4-5-19-12-3-2-9(13)8-16-12;;/h2-3,8,10H,4-7,14H2,1H3,(H,15,17);2*1H. The average molecular weight is 361 g/mol. The van der Waals surface area contributed by atoms with E-state index in [4.69, 9.17) is 26.8 Å². The molecule has 0 aliphatic rings. The highest BCUT2D eigenvalue weighted by Gasteiger charge is 2.10. The van der Waals surface area contributed by atoms with E-state index < -0.39 is 0 Å². The highest BCUT2D eigenvalue weighted by atomic mass is 35.5. The Labute approximate surface area is 141 Å². The average Bonchev–Trinajstić information content (AvgIpc) is 2.43. The lowest BCUT2D eigenvalue weighted by atomic mass is 10.2. The Hall–Kier alpha value is -0.790. The molecule has 0 bridgehead atoms. The Morgan fingerprint density at radius 3 is 2.71 bits per heavy atom. The van der Waals surface area contributed by atoms with E-state index >= 15 is 0 Å². The third kappa shape index (κ3) is 9.71. The summed E-state index contributed by atoms with van der Waals surface area (Å²) in [6.45, 7) is 1.04. The Morgan fingerprint density at radius 2 is 2.19 bits per heavy atom. The van der Waals surface area contributed by atoms with Crippen LogP contribution in [-0.4, -0.2) is 43.8 Å². The first-order valence-electron chi connectivity index (χ1n) is 5.89. The van der Waals surface area contributed by atoms with Crippen LogP contribution in [0.5, 0.6) is 5.88 Å². The van der Waals surface area contributed by atoms with Gasteiger partial charge in [0.15, 0.2) is 0 Å². The number of amides is 1. The summed E-state index contributed by atoms with van der Waals surface area (Å²) in [4.78, 5) is 15.5. The zero-order chi connectivity index (χ0) is 14.1. The summed E-state index contributed by atoms with van der Waals surface area (Å²) < 4.78 is 10.3. The third-order valence-electron chi connectivity index (χ3n) is 2.38. The van der Waals surface area contributed by atoms with Crippen LogP contribution in [0.15, 0.2) is 18.3 Å². The van der Waals surface area contributed by atoms with Gasteiger partial charge in [-0.1, -0.05) is 11.6 Å². The van der Waals surface area contributed by atoms with E-state index in [0.29, 0.717) is 30.6 Å². The summed E-state index contributed by atoms with van der Waals surface area (Å²) in [7, 11) is 1.53. The minimum atomic E-state index is -0.251. The van der Waals surface area contributed by atoms with Crippen molar-refractivity contribution in [2.24, 2.45) is 5.73 Å². The molecular weight excluding hydrogens is 341 g/mol. The molecule has 1 aromatic heterocycles. The lowest BCUT2D eigenvalue weighted by Gasteiger charge is -2.12. The summed E-state index contributed by atoms with van der Waals surface area (Å²) in [6, 6.07) is 3.35. The zero-order valence-electron chi connectivity index (χ0n) is 11.6. The van der Waals surface area contributed by atoms with E-state index in [-0.39, 0.29) is 43.2 Å². The number of aromatic nitrogens is 1. The molecule has 0 spiro atoms. The Morgan fingerprint density at radius 1 is 1.48 bits per heavy atom. The van der Waals surface area contributed by atoms with Crippen LogP contribution in [0, 0.1) is 0 Å². The molecule has 122 valence electrons. The molecule has 0 radical (unpaired) electrons. The van der Waals surface area contributed by atoms with Gasteiger partial charge in [-0.3, -0.25) is 4.79 Å². The summed E-state index contributed by atoms with van der Waals surface area (Å²) in [5, 5.41) is 3.26. The first-order chi connectivity index (χ1) is 9.15. The van der Waals surface area contributed by atoms with Gasteiger partial charge in [0.2, 0.25) is 11.8 Å². The van der Waals surface area contributed by atoms with Crippen LogP contribution in [0.25, 0.3) is 0 Å². The van der Waals surface area contributed by atoms with Crippen molar-refractivity contribution in [1.29, 1.82) is 0 Å². The molecule has 1 aromatic rings. The molecule has 1 heterocycles. The monoisotopic (exact) mass is 359 g/mol. The first kappa shape index (κ1) is 22.5. The van der Waals surface area contributed by atoms with Crippen LogP contribution in [0.3, 0.4) is 0 Å². The van der Waals surface area contributed by atoms with E-state index in [9.17, 15) is 4.79 Å². The van der Waals surface area contributed by atoms with Gasteiger partial charge in [0.05, 0.1) is 24.1 Å². The van der Waals surface area contributed by atoms with Crippen LogP contribution in [-0.2, 0) is 9.53 Å². The van der Waals surface area contributed by atoms with Crippen molar-refractivity contribution in [2.45, 2.75) is 12.5 Å². The number of nitrogens with zero attached hydrogens (tertiary/aromatic N) is 1. The van der Waals surface area contributed by atoms with Crippen LogP contribution >= 0.6 is 36.4 Å². The lowest BCUT2D eigenvalue weighted by Crippen LogP contribution is -2.34. The first-order valence-corrected chi connectivity index (χ1v) is 6.27. The maximum Gasteiger partial charge on any atom is 0.222 e. The second-order valence-electron chi connectivity index (χ2n) is 3.81. The van der Waals surface area contributed by atoms with Gasteiger partial charge in [-0.25, -0.2) is 4.98 Å². The smallest absolute Gasteiger partial charge is 0.222 e. The molecule has 0 aliphatic heterocycles. The third-order valence-corrected chi connectivity index (χ3v) is 2.61. The Bertz CT molecular complexity index is 389. The molecule has 0 aromatic carbocycles. The minimum Gasteiger partial charge on any atom is -0.476 e. The van der Waals surface area contributed by atoms with Crippen molar-refractivity contribution in [1.82, 2.24) is 10.3 Å². The molecule has 1 amide bonds. The second kappa shape index (κ2) is 12.9. The number of pyridine rings is 1. The highest BCUT2D eigenvalue weighted by Crippen LogP contribution is 2.10. The van der Waals surface area contributed by atoms with Crippen LogP contribution < -0.4 is 15.8 Å². The minimum absolute atomic E-state index is 0. The normalized spacial score (nSPS) is 10.8. The van der Waals surface area contributed by atoms with Gasteiger partial charge in [-0.05, 0) is 6.07 Å². The van der Waals surface area contributed by atoms with Crippen molar-refractivity contribution in [3.63, 3.8) is 0 Å². The maximum atomic E-state index is 11.5. The van der Waals surface area contributed by atoms with Gasteiger partial charge in [-0.2, -0.15) is 0 Å². The van der Waals surface area contributed by atoms with E-state index in [1.54, 1.807) is 12.1 Å². The van der Waals surface area contributed by atoms with Crippen molar-refractivity contribution < 1.29 is 14.3 Å². The zero-order valence-corrected chi connectivity index (χ0v) is 14.0. The fourth-order valence-corrected chi connectivity index (χ4v) is 1.45. The second-order valence-corrected chi connectivity index (χ2v) is 4.25. The number of rotatable bonds is 8. The molecule has 3 N–H and O–H groups in total. The fourth-order valence-electron chi connectivity index (χ4n) is 1.34. The molecular formula is C12H20Cl3N3O3. The molecule has 21 heavy (non-hydrogen) atoms. The number of halogens is 3. The lowest BCUT2D eigenvalue weighted by molar-refractivity contribution is -0.123. The number of nitrogens with two attached hydrogens (primary N) is 1. The molecule has 6 nitrogen and oxygen atoms in total. The highest BCUT2D eigenvalue weighted by molar-refractivity contribution is 6.30. The number of methoxy groups -OCH3 is 1. The SMILES string of the molecule is COC(CN)CC(=O)NCCOc1ccc(Cl)cn1.Cl.Cl. The van der Waals surface area contributed by atoms with E-state index in [1.807, 2.05) is 0 Å². The number of hydrogen-bond acceptors (Lipinski definition) is 5. The quantitative estimate of drug-likeness (QED) is 0.685.